The highest BCUT2D eigenvalue weighted by molar-refractivity contribution is 5.82. The van der Waals surface area contributed by atoms with Crippen LogP contribution in [0.3, 0.4) is 0 Å². The largest absolute Gasteiger partial charge is 0.464 e. The summed E-state index contributed by atoms with van der Waals surface area (Å²) in [5.41, 5.74) is 3.89. The van der Waals surface area contributed by atoms with Crippen LogP contribution >= 0.6 is 0 Å². The Labute approximate surface area is 101 Å². The van der Waals surface area contributed by atoms with Gasteiger partial charge in [0.05, 0.1) is 6.61 Å². The predicted molar refractivity (Wildman–Crippen MR) is 66.2 cm³/mol. The van der Waals surface area contributed by atoms with Gasteiger partial charge in [0.15, 0.2) is 0 Å². The smallest absolute Gasteiger partial charge is 0.328 e. The van der Waals surface area contributed by atoms with Crippen LogP contribution in [0.4, 0.5) is 5.69 Å². The van der Waals surface area contributed by atoms with Crippen molar-refractivity contribution in [3.63, 3.8) is 0 Å². The number of nitrogens with zero attached hydrogens (tertiary/aromatic N) is 1. The van der Waals surface area contributed by atoms with Crippen LogP contribution in [0.1, 0.15) is 24.0 Å². The Morgan fingerprint density at radius 1 is 1.41 bits per heavy atom. The number of carbonyl (C=O) groups excluding carboxylic acids is 1. The molecule has 0 N–H and O–H groups in total. The minimum Gasteiger partial charge on any atom is -0.464 e. The van der Waals surface area contributed by atoms with Crippen molar-refractivity contribution in [1.82, 2.24) is 0 Å². The van der Waals surface area contributed by atoms with Crippen molar-refractivity contribution < 1.29 is 9.53 Å². The molecule has 3 nitrogen and oxygen atoms in total. The molecule has 2 aliphatic heterocycles. The van der Waals surface area contributed by atoms with Crippen LogP contribution in [0.5, 0.6) is 0 Å². The van der Waals surface area contributed by atoms with Crippen molar-refractivity contribution in [3.05, 3.63) is 29.3 Å². The van der Waals surface area contributed by atoms with E-state index in [9.17, 15) is 4.79 Å². The summed E-state index contributed by atoms with van der Waals surface area (Å²) in [7, 11) is 0. The quantitative estimate of drug-likeness (QED) is 0.693. The zero-order valence-electron chi connectivity index (χ0n) is 10.1. The number of carbonyl (C=O) groups is 1. The number of benzene rings is 1. The van der Waals surface area contributed by atoms with Crippen molar-refractivity contribution in [2.24, 2.45) is 0 Å². The van der Waals surface area contributed by atoms with E-state index >= 15 is 0 Å². The van der Waals surface area contributed by atoms with Crippen molar-refractivity contribution in [2.45, 2.75) is 32.2 Å². The second kappa shape index (κ2) is 4.06. The summed E-state index contributed by atoms with van der Waals surface area (Å²) < 4.78 is 5.08. The molecule has 0 aromatic heterocycles. The molecule has 0 bridgehead atoms. The first-order chi connectivity index (χ1) is 8.25. The van der Waals surface area contributed by atoms with Crippen LogP contribution < -0.4 is 4.90 Å². The molecule has 0 spiro atoms. The lowest BCUT2D eigenvalue weighted by Crippen LogP contribution is -2.41. The van der Waals surface area contributed by atoms with Crippen LogP contribution in [-0.4, -0.2) is 25.2 Å². The first-order valence-electron chi connectivity index (χ1n) is 6.28. The van der Waals surface area contributed by atoms with Crippen LogP contribution in [0.2, 0.25) is 0 Å². The molecule has 0 radical (unpaired) electrons. The van der Waals surface area contributed by atoms with Crippen molar-refractivity contribution in [3.8, 4) is 0 Å². The van der Waals surface area contributed by atoms with E-state index in [1.54, 1.807) is 0 Å². The molecular weight excluding hydrogens is 214 g/mol. The Morgan fingerprint density at radius 2 is 2.29 bits per heavy atom. The van der Waals surface area contributed by atoms with Crippen molar-refractivity contribution >= 4 is 11.7 Å². The lowest BCUT2D eigenvalue weighted by molar-refractivity contribution is -0.139. The Bertz CT molecular complexity index is 456. The second-order valence-corrected chi connectivity index (χ2v) is 4.90. The van der Waals surface area contributed by atoms with Gasteiger partial charge in [0.1, 0.15) is 6.04 Å². The highest BCUT2D eigenvalue weighted by Gasteiger charge is 2.34. The fourth-order valence-electron chi connectivity index (χ4n) is 2.85. The number of aryl methyl sites for hydroxylation is 2. The maximum Gasteiger partial charge on any atom is 0.328 e. The minimum atomic E-state index is -0.0586. The van der Waals surface area contributed by atoms with Crippen LogP contribution in [0, 0.1) is 6.92 Å². The minimum absolute atomic E-state index is 0.0570. The molecule has 1 unspecified atom stereocenters. The van der Waals surface area contributed by atoms with Gasteiger partial charge in [-0.3, -0.25) is 0 Å². The van der Waals surface area contributed by atoms with E-state index in [0.29, 0.717) is 6.61 Å². The lowest BCUT2D eigenvalue weighted by Gasteiger charge is -2.34. The number of fused-ring (bicyclic) bond motifs is 1. The normalized spacial score (nSPS) is 23.5. The van der Waals surface area contributed by atoms with Gasteiger partial charge in [-0.05, 0) is 31.4 Å². The Hall–Kier alpha value is -1.51. The molecule has 2 aliphatic rings. The summed E-state index contributed by atoms with van der Waals surface area (Å²) in [6.45, 7) is 3.65. The predicted octanol–water partition coefficient (Wildman–Crippen LogP) is 2.06. The molecule has 1 aromatic carbocycles. The maximum absolute atomic E-state index is 11.7. The molecular formula is C14H17NO2. The van der Waals surface area contributed by atoms with E-state index in [0.717, 1.165) is 25.8 Å². The summed E-state index contributed by atoms with van der Waals surface area (Å²) in [5, 5.41) is 0. The molecule has 2 heterocycles. The molecule has 1 atom stereocenters. The molecule has 1 aromatic rings. The first-order valence-corrected chi connectivity index (χ1v) is 6.28. The number of cyclic esters (lactones) is 1. The van der Waals surface area contributed by atoms with E-state index in [4.69, 9.17) is 4.74 Å². The van der Waals surface area contributed by atoms with Gasteiger partial charge >= 0.3 is 5.97 Å². The maximum atomic E-state index is 11.7. The van der Waals surface area contributed by atoms with E-state index < -0.39 is 0 Å². The molecule has 1 fully saturated rings. The molecule has 0 amide bonds. The number of rotatable bonds is 1. The third kappa shape index (κ3) is 1.79. The standard InChI is InChI=1S/C14H17NO2/c1-10-4-5-12-11(9-10)3-2-7-15(12)13-6-8-17-14(13)16/h4-5,9,13H,2-3,6-8H2,1H3. The molecule has 0 aliphatic carbocycles. The molecule has 1 saturated heterocycles. The zero-order valence-corrected chi connectivity index (χ0v) is 10.1. The van der Waals surface area contributed by atoms with Gasteiger partial charge < -0.3 is 9.64 Å². The number of hydrogen-bond donors (Lipinski definition) is 0. The molecule has 0 saturated carbocycles. The monoisotopic (exact) mass is 231 g/mol. The van der Waals surface area contributed by atoms with E-state index in [2.05, 4.69) is 30.0 Å². The number of ether oxygens (including phenoxy) is 1. The van der Waals surface area contributed by atoms with Crippen molar-refractivity contribution in [1.29, 1.82) is 0 Å². The highest BCUT2D eigenvalue weighted by Crippen LogP contribution is 2.31. The fraction of sp³-hybridized carbons (Fsp3) is 0.500. The SMILES string of the molecule is Cc1ccc2c(c1)CCCN2C1CCOC1=O. The Morgan fingerprint density at radius 3 is 3.06 bits per heavy atom. The van der Waals surface area contributed by atoms with Gasteiger partial charge in [-0.2, -0.15) is 0 Å². The van der Waals surface area contributed by atoms with Gasteiger partial charge in [0.25, 0.3) is 0 Å². The van der Waals surface area contributed by atoms with E-state index in [1.165, 1.54) is 16.8 Å². The molecule has 17 heavy (non-hydrogen) atoms. The second-order valence-electron chi connectivity index (χ2n) is 4.90. The Kier molecular flexibility index (Phi) is 2.54. The number of esters is 1. The van der Waals surface area contributed by atoms with Crippen LogP contribution in [-0.2, 0) is 16.0 Å². The summed E-state index contributed by atoms with van der Waals surface area (Å²) in [5.74, 6) is -0.0570. The van der Waals surface area contributed by atoms with Gasteiger partial charge in [0.2, 0.25) is 0 Å². The van der Waals surface area contributed by atoms with Crippen LogP contribution in [0.15, 0.2) is 18.2 Å². The average Bonchev–Trinajstić information content (AvgIpc) is 2.74. The lowest BCUT2D eigenvalue weighted by atomic mass is 9.98. The topological polar surface area (TPSA) is 29.5 Å². The Balaban J connectivity index is 1.96. The van der Waals surface area contributed by atoms with Gasteiger partial charge in [-0.25, -0.2) is 4.79 Å². The first kappa shape index (κ1) is 10.6. The third-order valence-electron chi connectivity index (χ3n) is 3.67. The van der Waals surface area contributed by atoms with Crippen molar-refractivity contribution in [2.75, 3.05) is 18.1 Å². The summed E-state index contributed by atoms with van der Waals surface area (Å²) >= 11 is 0. The van der Waals surface area contributed by atoms with Crippen LogP contribution in [0.25, 0.3) is 0 Å². The number of anilines is 1. The number of hydrogen-bond acceptors (Lipinski definition) is 3. The third-order valence-corrected chi connectivity index (χ3v) is 3.67. The van der Waals surface area contributed by atoms with E-state index in [-0.39, 0.29) is 12.0 Å². The highest BCUT2D eigenvalue weighted by atomic mass is 16.5. The van der Waals surface area contributed by atoms with Gasteiger partial charge in [-0.1, -0.05) is 17.7 Å². The molecule has 90 valence electrons. The molecule has 3 rings (SSSR count). The van der Waals surface area contributed by atoms with E-state index in [1.807, 2.05) is 0 Å². The fourth-order valence-corrected chi connectivity index (χ4v) is 2.85. The van der Waals surface area contributed by atoms with Gasteiger partial charge in [0, 0.05) is 18.7 Å². The summed E-state index contributed by atoms with van der Waals surface area (Å²) in [4.78, 5) is 13.9. The molecule has 3 heteroatoms. The summed E-state index contributed by atoms with van der Waals surface area (Å²) in [6, 6.07) is 6.45. The average molecular weight is 231 g/mol. The van der Waals surface area contributed by atoms with Gasteiger partial charge in [-0.15, -0.1) is 0 Å². The summed E-state index contributed by atoms with van der Waals surface area (Å²) in [6.07, 6.45) is 3.07. The zero-order chi connectivity index (χ0) is 11.8.